The summed E-state index contributed by atoms with van der Waals surface area (Å²) in [6.45, 7) is 8.58. The van der Waals surface area contributed by atoms with Crippen molar-refractivity contribution >= 4 is 34.5 Å². The maximum atomic E-state index is 10.2. The predicted octanol–water partition coefficient (Wildman–Crippen LogP) is 3.78. The Balaban J connectivity index is 1.90. The first kappa shape index (κ1) is 21.1. The van der Waals surface area contributed by atoms with E-state index in [1.807, 2.05) is 18.4 Å². The van der Waals surface area contributed by atoms with Crippen LogP contribution in [0.15, 0.2) is 24.5 Å². The van der Waals surface area contributed by atoms with Crippen LogP contribution in [-0.2, 0) is 13.1 Å². The smallest absolute Gasteiger partial charge is 0.226 e. The molecule has 2 heterocycles. The van der Waals surface area contributed by atoms with Gasteiger partial charge in [-0.1, -0.05) is 23.7 Å². The van der Waals surface area contributed by atoms with E-state index in [0.29, 0.717) is 46.5 Å². The summed E-state index contributed by atoms with van der Waals surface area (Å²) in [4.78, 5) is 13.6. The Morgan fingerprint density at radius 2 is 2.03 bits per heavy atom. The molecule has 1 aromatic carbocycles. The molecule has 8 nitrogen and oxygen atoms in total. The van der Waals surface area contributed by atoms with Gasteiger partial charge >= 0.3 is 0 Å². The van der Waals surface area contributed by atoms with Gasteiger partial charge in [0.1, 0.15) is 5.75 Å². The van der Waals surface area contributed by atoms with E-state index in [9.17, 15) is 10.2 Å². The molecule has 0 spiro atoms. The van der Waals surface area contributed by atoms with Crippen molar-refractivity contribution in [1.29, 1.82) is 0 Å². The van der Waals surface area contributed by atoms with E-state index in [-0.39, 0.29) is 11.8 Å². The minimum Gasteiger partial charge on any atom is -0.506 e. The Bertz CT molecular complexity index is 999. The van der Waals surface area contributed by atoms with Crippen LogP contribution in [0.4, 0.5) is 11.8 Å². The topological polar surface area (TPSA) is 108 Å². The van der Waals surface area contributed by atoms with Gasteiger partial charge in [-0.15, -0.1) is 0 Å². The van der Waals surface area contributed by atoms with E-state index in [1.165, 1.54) is 0 Å². The van der Waals surface area contributed by atoms with Crippen molar-refractivity contribution in [2.45, 2.75) is 58.8 Å². The third kappa shape index (κ3) is 5.07. The summed E-state index contributed by atoms with van der Waals surface area (Å²) in [5.41, 5.74) is 1.21. The summed E-state index contributed by atoms with van der Waals surface area (Å²) in [6, 6.07) is 5.18. The van der Waals surface area contributed by atoms with Crippen molar-refractivity contribution in [2.75, 3.05) is 10.6 Å². The molecule has 0 fully saturated rings. The van der Waals surface area contributed by atoms with Gasteiger partial charge in [0.2, 0.25) is 5.95 Å². The third-order valence-corrected chi connectivity index (χ3v) is 4.81. The number of benzene rings is 1. The van der Waals surface area contributed by atoms with Crippen molar-refractivity contribution in [3.63, 3.8) is 0 Å². The largest absolute Gasteiger partial charge is 0.506 e. The molecular weight excluding hydrogens is 392 g/mol. The molecule has 0 amide bonds. The van der Waals surface area contributed by atoms with Gasteiger partial charge in [-0.05, 0) is 40.2 Å². The highest BCUT2D eigenvalue weighted by molar-refractivity contribution is 6.32. The number of phenols is 1. The SMILES string of the molecule is CCn1cnc2c(NCc3cccc(Cl)c3O)nc(NC(C)CC(C)(C)O)nc21. The molecule has 0 saturated carbocycles. The lowest BCUT2D eigenvalue weighted by Crippen LogP contribution is -2.29. The molecule has 156 valence electrons. The number of fused-ring (bicyclic) bond motifs is 1. The highest BCUT2D eigenvalue weighted by Crippen LogP contribution is 2.28. The Morgan fingerprint density at radius 3 is 2.72 bits per heavy atom. The first-order valence-electron chi connectivity index (χ1n) is 9.60. The number of anilines is 2. The number of nitrogens with zero attached hydrogens (tertiary/aromatic N) is 4. The highest BCUT2D eigenvalue weighted by atomic mass is 35.5. The van der Waals surface area contributed by atoms with Gasteiger partial charge in [-0.2, -0.15) is 9.97 Å². The maximum Gasteiger partial charge on any atom is 0.226 e. The molecule has 1 unspecified atom stereocenters. The molecule has 0 aliphatic carbocycles. The number of hydrogen-bond donors (Lipinski definition) is 4. The lowest BCUT2D eigenvalue weighted by Gasteiger charge is -2.23. The lowest BCUT2D eigenvalue weighted by molar-refractivity contribution is 0.0672. The second-order valence-electron chi connectivity index (χ2n) is 7.76. The maximum absolute atomic E-state index is 10.2. The highest BCUT2D eigenvalue weighted by Gasteiger charge is 2.19. The van der Waals surface area contributed by atoms with Gasteiger partial charge in [-0.3, -0.25) is 0 Å². The average molecular weight is 419 g/mol. The van der Waals surface area contributed by atoms with Crippen molar-refractivity contribution in [3.8, 4) is 5.75 Å². The zero-order valence-corrected chi connectivity index (χ0v) is 17.8. The number of phenolic OH excluding ortho intramolecular Hbond substituents is 1. The Labute approximate surface area is 175 Å². The third-order valence-electron chi connectivity index (χ3n) is 4.50. The molecule has 29 heavy (non-hydrogen) atoms. The molecule has 0 saturated heterocycles. The van der Waals surface area contributed by atoms with Gasteiger partial charge in [0.05, 0.1) is 17.0 Å². The van der Waals surface area contributed by atoms with Crippen LogP contribution in [0.1, 0.15) is 39.7 Å². The van der Waals surface area contributed by atoms with E-state index in [4.69, 9.17) is 11.6 Å². The minimum absolute atomic E-state index is 0.0322. The molecule has 1 atom stereocenters. The van der Waals surface area contributed by atoms with E-state index in [2.05, 4.69) is 25.6 Å². The number of hydrogen-bond acceptors (Lipinski definition) is 7. The molecule has 0 aliphatic rings. The van der Waals surface area contributed by atoms with Crippen molar-refractivity contribution in [1.82, 2.24) is 19.5 Å². The van der Waals surface area contributed by atoms with Crippen LogP contribution < -0.4 is 10.6 Å². The Morgan fingerprint density at radius 1 is 1.28 bits per heavy atom. The van der Waals surface area contributed by atoms with Crippen LogP contribution in [-0.4, -0.2) is 41.4 Å². The average Bonchev–Trinajstić information content (AvgIpc) is 3.04. The summed E-state index contributed by atoms with van der Waals surface area (Å²) in [5, 5.41) is 27.0. The van der Waals surface area contributed by atoms with Crippen molar-refractivity contribution < 1.29 is 10.2 Å². The first-order valence-corrected chi connectivity index (χ1v) is 9.97. The van der Waals surface area contributed by atoms with E-state index in [1.54, 1.807) is 38.4 Å². The van der Waals surface area contributed by atoms with Crippen LogP contribution in [0.5, 0.6) is 5.75 Å². The van der Waals surface area contributed by atoms with Crippen LogP contribution >= 0.6 is 11.6 Å². The minimum atomic E-state index is -0.799. The second kappa shape index (κ2) is 8.42. The summed E-state index contributed by atoms with van der Waals surface area (Å²) in [6.07, 6.45) is 2.27. The van der Waals surface area contributed by atoms with Crippen LogP contribution in [0.25, 0.3) is 11.2 Å². The Kier molecular flexibility index (Phi) is 6.14. The number of aromatic nitrogens is 4. The number of aliphatic hydroxyl groups is 1. The van der Waals surface area contributed by atoms with E-state index < -0.39 is 5.60 Å². The fourth-order valence-electron chi connectivity index (χ4n) is 3.27. The van der Waals surface area contributed by atoms with Gasteiger partial charge in [-0.25, -0.2) is 4.98 Å². The summed E-state index contributed by atoms with van der Waals surface area (Å²) in [7, 11) is 0. The number of rotatable bonds is 8. The summed E-state index contributed by atoms with van der Waals surface area (Å²) < 4.78 is 1.94. The molecular formula is C20H27ClN6O2. The summed E-state index contributed by atoms with van der Waals surface area (Å²) in [5.74, 6) is 1.05. The number of halogens is 1. The van der Waals surface area contributed by atoms with Crippen LogP contribution in [0.3, 0.4) is 0 Å². The molecule has 9 heteroatoms. The van der Waals surface area contributed by atoms with Crippen LogP contribution in [0, 0.1) is 0 Å². The molecule has 3 rings (SSSR count). The fraction of sp³-hybridized carbons (Fsp3) is 0.450. The molecule has 2 aromatic heterocycles. The molecule has 4 N–H and O–H groups in total. The molecule has 0 radical (unpaired) electrons. The number of aromatic hydroxyl groups is 1. The monoisotopic (exact) mass is 418 g/mol. The van der Waals surface area contributed by atoms with Crippen molar-refractivity contribution in [2.24, 2.45) is 0 Å². The van der Waals surface area contributed by atoms with E-state index >= 15 is 0 Å². The number of para-hydroxylation sites is 1. The quantitative estimate of drug-likeness (QED) is 0.440. The van der Waals surface area contributed by atoms with E-state index in [0.717, 1.165) is 6.54 Å². The molecule has 0 aliphatic heterocycles. The fourth-order valence-corrected chi connectivity index (χ4v) is 3.46. The van der Waals surface area contributed by atoms with Gasteiger partial charge in [0.25, 0.3) is 0 Å². The molecule has 3 aromatic rings. The van der Waals surface area contributed by atoms with Gasteiger partial charge in [0, 0.05) is 24.7 Å². The van der Waals surface area contributed by atoms with Gasteiger partial charge < -0.3 is 25.4 Å². The number of aryl methyl sites for hydroxylation is 1. The van der Waals surface area contributed by atoms with Gasteiger partial charge in [0.15, 0.2) is 17.0 Å². The normalized spacial score (nSPS) is 12.9. The zero-order valence-electron chi connectivity index (χ0n) is 17.1. The number of imidazole rings is 1. The second-order valence-corrected chi connectivity index (χ2v) is 8.17. The number of nitrogens with one attached hydrogen (secondary N) is 2. The standard InChI is InChI=1S/C20H27ClN6O2/c1-5-27-11-23-15-17(22-10-13-7-6-8-14(21)16(13)28)25-19(26-18(15)27)24-12(2)9-20(3,4)29/h6-8,11-12,28-29H,5,9-10H2,1-4H3,(H2,22,24,25,26). The predicted molar refractivity (Wildman–Crippen MR) is 115 cm³/mol. The van der Waals surface area contributed by atoms with Crippen LogP contribution in [0.2, 0.25) is 5.02 Å². The Hall–Kier alpha value is -2.58. The summed E-state index contributed by atoms with van der Waals surface area (Å²) >= 11 is 6.00. The molecule has 0 bridgehead atoms. The first-order chi connectivity index (χ1) is 13.7. The zero-order chi connectivity index (χ0) is 21.2. The lowest BCUT2D eigenvalue weighted by atomic mass is 10.0. The van der Waals surface area contributed by atoms with Crippen molar-refractivity contribution in [3.05, 3.63) is 35.1 Å².